The summed E-state index contributed by atoms with van der Waals surface area (Å²) in [5.41, 5.74) is 1.04. The molecule has 0 N–H and O–H groups in total. The van der Waals surface area contributed by atoms with E-state index in [-0.39, 0.29) is 0 Å². The second kappa shape index (κ2) is 4.86. The molecule has 4 heteroatoms. The van der Waals surface area contributed by atoms with Gasteiger partial charge in [-0.15, -0.1) is 0 Å². The van der Waals surface area contributed by atoms with Crippen LogP contribution in [0, 0.1) is 0 Å². The minimum atomic E-state index is -3.00. The fourth-order valence-electron chi connectivity index (χ4n) is 1.64. The number of fused-ring (bicyclic) bond motifs is 1. The van der Waals surface area contributed by atoms with Gasteiger partial charge in [-0.1, -0.05) is 30.4 Å². The van der Waals surface area contributed by atoms with Gasteiger partial charge >= 0.3 is 7.60 Å². The third kappa shape index (κ3) is 2.55. The molecule has 0 saturated carbocycles. The zero-order chi connectivity index (χ0) is 11.4. The maximum Gasteiger partial charge on any atom is 0.382 e. The van der Waals surface area contributed by atoms with Crippen molar-refractivity contribution in [2.24, 2.45) is 0 Å². The molecule has 2 rings (SSSR count). The lowest BCUT2D eigenvalue weighted by Crippen LogP contribution is -2.04. The molecule has 3 nitrogen and oxygen atoms in total. The molecule has 1 aliphatic rings. The molecule has 0 amide bonds. The standard InChI is InChI=1S/C12H15O3P/c1-2-14-16(13)10-6-5-8-11-7-3-4-9-12(11)15-16/h3-7,9H,2,8,10H2,1H3/b6-5-. The second-order valence-corrected chi connectivity index (χ2v) is 5.61. The summed E-state index contributed by atoms with van der Waals surface area (Å²) in [5, 5.41) is 0. The number of allylic oxidation sites excluding steroid dienone is 2. The third-order valence-electron chi connectivity index (χ3n) is 2.37. The Labute approximate surface area is 95.6 Å². The Morgan fingerprint density at radius 2 is 2.19 bits per heavy atom. The zero-order valence-electron chi connectivity index (χ0n) is 9.26. The molecule has 1 unspecified atom stereocenters. The normalized spacial score (nSPS) is 26.1. The third-order valence-corrected chi connectivity index (χ3v) is 4.15. The molecule has 16 heavy (non-hydrogen) atoms. The van der Waals surface area contributed by atoms with Gasteiger partial charge in [0.05, 0.1) is 12.8 Å². The Morgan fingerprint density at radius 1 is 1.38 bits per heavy atom. The highest BCUT2D eigenvalue weighted by Crippen LogP contribution is 2.49. The Balaban J connectivity index is 2.33. The van der Waals surface area contributed by atoms with E-state index in [1.54, 1.807) is 0 Å². The van der Waals surface area contributed by atoms with E-state index in [0.717, 1.165) is 12.0 Å². The van der Waals surface area contributed by atoms with Gasteiger partial charge in [0.2, 0.25) is 0 Å². The van der Waals surface area contributed by atoms with Gasteiger partial charge in [-0.05, 0) is 25.0 Å². The van der Waals surface area contributed by atoms with E-state index >= 15 is 0 Å². The minimum absolute atomic E-state index is 0.342. The van der Waals surface area contributed by atoms with Gasteiger partial charge in [-0.25, -0.2) is 4.57 Å². The highest BCUT2D eigenvalue weighted by molar-refractivity contribution is 7.54. The fourth-order valence-corrected chi connectivity index (χ4v) is 3.15. The quantitative estimate of drug-likeness (QED) is 0.585. The SMILES string of the molecule is CCOP1(=O)C/C=C\Cc2ccccc2O1. The van der Waals surface area contributed by atoms with Gasteiger partial charge in [0.25, 0.3) is 0 Å². The molecule has 0 spiro atoms. The van der Waals surface area contributed by atoms with Crippen LogP contribution in [0.5, 0.6) is 5.75 Å². The van der Waals surface area contributed by atoms with E-state index in [1.165, 1.54) is 0 Å². The molecule has 0 radical (unpaired) electrons. The molecule has 1 aromatic rings. The highest BCUT2D eigenvalue weighted by Gasteiger charge is 2.25. The van der Waals surface area contributed by atoms with E-state index < -0.39 is 7.60 Å². The molecule has 86 valence electrons. The highest BCUT2D eigenvalue weighted by atomic mass is 31.2. The maximum atomic E-state index is 12.3. The molecular weight excluding hydrogens is 223 g/mol. The summed E-state index contributed by atoms with van der Waals surface area (Å²) < 4.78 is 23.1. The van der Waals surface area contributed by atoms with E-state index in [2.05, 4.69) is 0 Å². The monoisotopic (exact) mass is 238 g/mol. The fraction of sp³-hybridized carbons (Fsp3) is 0.333. The van der Waals surface area contributed by atoms with Crippen molar-refractivity contribution >= 4 is 7.60 Å². The first-order chi connectivity index (χ1) is 7.73. The number of para-hydroxylation sites is 1. The smallest absolute Gasteiger partial charge is 0.382 e. The number of hydrogen-bond acceptors (Lipinski definition) is 3. The predicted octanol–water partition coefficient (Wildman–Crippen LogP) is 3.41. The number of benzene rings is 1. The predicted molar refractivity (Wildman–Crippen MR) is 64.0 cm³/mol. The van der Waals surface area contributed by atoms with Crippen molar-refractivity contribution in [3.8, 4) is 5.75 Å². The van der Waals surface area contributed by atoms with Gasteiger partial charge in [-0.3, -0.25) is 4.52 Å². The summed E-state index contributed by atoms with van der Waals surface area (Å²) in [6.45, 7) is 2.21. The summed E-state index contributed by atoms with van der Waals surface area (Å²) in [4.78, 5) is 0. The van der Waals surface area contributed by atoms with Gasteiger partial charge in [0, 0.05) is 0 Å². The van der Waals surface area contributed by atoms with E-state index in [1.807, 2.05) is 43.3 Å². The van der Waals surface area contributed by atoms with Crippen molar-refractivity contribution in [3.63, 3.8) is 0 Å². The average molecular weight is 238 g/mol. The molecule has 1 atom stereocenters. The Morgan fingerprint density at radius 3 is 3.00 bits per heavy atom. The Hall–Kier alpha value is -1.05. The van der Waals surface area contributed by atoms with Crippen molar-refractivity contribution < 1.29 is 13.6 Å². The Bertz CT molecular complexity index is 440. The van der Waals surface area contributed by atoms with Crippen molar-refractivity contribution in [2.45, 2.75) is 13.3 Å². The van der Waals surface area contributed by atoms with Crippen LogP contribution in [0.15, 0.2) is 36.4 Å². The van der Waals surface area contributed by atoms with Gasteiger partial charge < -0.3 is 4.52 Å². The molecule has 0 fully saturated rings. The molecule has 1 aromatic carbocycles. The first kappa shape index (κ1) is 11.4. The van der Waals surface area contributed by atoms with Crippen molar-refractivity contribution in [1.82, 2.24) is 0 Å². The van der Waals surface area contributed by atoms with Gasteiger partial charge in [0.15, 0.2) is 0 Å². The summed E-state index contributed by atoms with van der Waals surface area (Å²) in [6, 6.07) is 7.63. The Kier molecular flexibility index (Phi) is 3.47. The molecule has 1 aliphatic heterocycles. The van der Waals surface area contributed by atoms with E-state index in [9.17, 15) is 4.57 Å². The van der Waals surface area contributed by atoms with Crippen LogP contribution in [0.1, 0.15) is 12.5 Å². The molecular formula is C12H15O3P. The van der Waals surface area contributed by atoms with Crippen molar-refractivity contribution in [2.75, 3.05) is 12.8 Å². The maximum absolute atomic E-state index is 12.3. The first-order valence-corrected chi connectivity index (χ1v) is 7.12. The van der Waals surface area contributed by atoms with Crippen LogP contribution in [0.4, 0.5) is 0 Å². The lowest BCUT2D eigenvalue weighted by atomic mass is 10.1. The first-order valence-electron chi connectivity index (χ1n) is 5.39. The van der Waals surface area contributed by atoms with Crippen LogP contribution >= 0.6 is 7.60 Å². The number of hydrogen-bond donors (Lipinski definition) is 0. The van der Waals surface area contributed by atoms with Gasteiger partial charge in [-0.2, -0.15) is 0 Å². The van der Waals surface area contributed by atoms with Crippen LogP contribution in [0.3, 0.4) is 0 Å². The summed E-state index contributed by atoms with van der Waals surface area (Å²) in [6.07, 6.45) is 5.02. The zero-order valence-corrected chi connectivity index (χ0v) is 10.2. The topological polar surface area (TPSA) is 35.5 Å². The summed E-state index contributed by atoms with van der Waals surface area (Å²) in [5.74, 6) is 0.670. The van der Waals surface area contributed by atoms with Gasteiger partial charge in [0.1, 0.15) is 5.75 Å². The van der Waals surface area contributed by atoms with Crippen LogP contribution in [0.25, 0.3) is 0 Å². The van der Waals surface area contributed by atoms with Crippen LogP contribution < -0.4 is 4.52 Å². The molecule has 0 aliphatic carbocycles. The minimum Gasteiger partial charge on any atom is -0.424 e. The lowest BCUT2D eigenvalue weighted by molar-refractivity contribution is 0.281. The molecule has 0 saturated heterocycles. The number of rotatable bonds is 2. The molecule has 0 aromatic heterocycles. The molecule has 0 bridgehead atoms. The largest absolute Gasteiger partial charge is 0.424 e. The summed E-state index contributed by atoms with van der Waals surface area (Å²) >= 11 is 0. The van der Waals surface area contributed by atoms with E-state index in [0.29, 0.717) is 18.5 Å². The van der Waals surface area contributed by atoms with Crippen molar-refractivity contribution in [1.29, 1.82) is 0 Å². The van der Waals surface area contributed by atoms with Crippen LogP contribution in [-0.4, -0.2) is 12.8 Å². The second-order valence-electron chi connectivity index (χ2n) is 3.59. The molecule has 1 heterocycles. The van der Waals surface area contributed by atoms with Crippen molar-refractivity contribution in [3.05, 3.63) is 42.0 Å². The lowest BCUT2D eigenvalue weighted by Gasteiger charge is -2.20. The van der Waals surface area contributed by atoms with E-state index in [4.69, 9.17) is 9.05 Å². The van der Waals surface area contributed by atoms with Crippen LogP contribution in [-0.2, 0) is 15.5 Å². The van der Waals surface area contributed by atoms with Crippen LogP contribution in [0.2, 0.25) is 0 Å². The summed E-state index contributed by atoms with van der Waals surface area (Å²) in [7, 11) is -3.00. The average Bonchev–Trinajstić information content (AvgIpc) is 2.24.